The third-order valence-electron chi connectivity index (χ3n) is 1.62. The van der Waals surface area contributed by atoms with Crippen molar-refractivity contribution in [3.8, 4) is 6.07 Å². The lowest BCUT2D eigenvalue weighted by molar-refractivity contribution is -0.118. The van der Waals surface area contributed by atoms with Crippen LogP contribution in [0.25, 0.3) is 0 Å². The molecule has 1 heterocycles. The summed E-state index contributed by atoms with van der Waals surface area (Å²) in [5.41, 5.74) is 0. The van der Waals surface area contributed by atoms with Crippen molar-refractivity contribution in [3.63, 3.8) is 0 Å². The Morgan fingerprint density at radius 3 is 3.15 bits per heavy atom. The molecule has 1 unspecified atom stereocenters. The van der Waals surface area contributed by atoms with Gasteiger partial charge in [-0.15, -0.1) is 0 Å². The van der Waals surface area contributed by atoms with Crippen LogP contribution in [0.3, 0.4) is 0 Å². The van der Waals surface area contributed by atoms with Crippen molar-refractivity contribution >= 4 is 11.9 Å². The van der Waals surface area contributed by atoms with Crippen LogP contribution in [0.1, 0.15) is 13.3 Å². The van der Waals surface area contributed by atoms with E-state index in [1.54, 1.807) is 13.1 Å². The molecule has 0 aliphatic rings. The van der Waals surface area contributed by atoms with Crippen LogP contribution >= 0.6 is 0 Å². The van der Waals surface area contributed by atoms with Gasteiger partial charge in [0.1, 0.15) is 5.92 Å². The van der Waals surface area contributed by atoms with Crippen molar-refractivity contribution < 1.29 is 4.79 Å². The summed E-state index contributed by atoms with van der Waals surface area (Å²) in [6, 6.07) is 1.91. The minimum absolute atomic E-state index is 0.319. The summed E-state index contributed by atoms with van der Waals surface area (Å²) in [6.45, 7) is 1.79. The fraction of sp³-hybridized carbons (Fsp3) is 0.375. The number of aromatic amines is 1. The molecule has 0 aliphatic carbocycles. The maximum atomic E-state index is 11.3. The van der Waals surface area contributed by atoms with Crippen LogP contribution in [-0.2, 0) is 4.79 Å². The van der Waals surface area contributed by atoms with Gasteiger partial charge < -0.3 is 4.98 Å². The minimum atomic E-state index is -0.606. The van der Waals surface area contributed by atoms with Crippen LogP contribution in [0.4, 0.5) is 5.95 Å². The van der Waals surface area contributed by atoms with E-state index in [4.69, 9.17) is 5.26 Å². The lowest BCUT2D eigenvalue weighted by Crippen LogP contribution is -2.21. The Balaban J connectivity index is 2.56. The second-order valence-corrected chi connectivity index (χ2v) is 2.52. The Morgan fingerprint density at radius 2 is 2.69 bits per heavy atom. The highest BCUT2D eigenvalue weighted by molar-refractivity contribution is 5.92. The summed E-state index contributed by atoms with van der Waals surface area (Å²) in [6.07, 6.45) is 3.63. The highest BCUT2D eigenvalue weighted by atomic mass is 16.2. The zero-order chi connectivity index (χ0) is 9.68. The zero-order valence-corrected chi connectivity index (χ0v) is 7.24. The number of rotatable bonds is 3. The van der Waals surface area contributed by atoms with Gasteiger partial charge in [0.15, 0.2) is 0 Å². The second-order valence-electron chi connectivity index (χ2n) is 2.52. The number of hydrogen-bond donors (Lipinski definition) is 2. The van der Waals surface area contributed by atoms with Crippen molar-refractivity contribution in [2.24, 2.45) is 5.92 Å². The first kappa shape index (κ1) is 9.26. The quantitative estimate of drug-likeness (QED) is 0.721. The predicted molar refractivity (Wildman–Crippen MR) is 46.6 cm³/mol. The third kappa shape index (κ3) is 2.30. The molecular formula is C8H10N4O. The van der Waals surface area contributed by atoms with E-state index >= 15 is 0 Å². The molecule has 13 heavy (non-hydrogen) atoms. The molecule has 0 saturated heterocycles. The minimum Gasteiger partial charge on any atom is -0.331 e. The van der Waals surface area contributed by atoms with E-state index in [1.807, 2.05) is 6.07 Å². The van der Waals surface area contributed by atoms with Crippen LogP contribution in [0, 0.1) is 17.2 Å². The summed E-state index contributed by atoms with van der Waals surface area (Å²) in [7, 11) is 0. The summed E-state index contributed by atoms with van der Waals surface area (Å²) < 4.78 is 0. The maximum absolute atomic E-state index is 11.3. The topological polar surface area (TPSA) is 81.6 Å². The summed E-state index contributed by atoms with van der Waals surface area (Å²) >= 11 is 0. The van der Waals surface area contributed by atoms with Crippen LogP contribution in [0.2, 0.25) is 0 Å². The number of hydrogen-bond acceptors (Lipinski definition) is 3. The van der Waals surface area contributed by atoms with Gasteiger partial charge >= 0.3 is 0 Å². The standard InChI is InChI=1S/C8H10N4O/c1-2-6(5-9)7(13)12-8-10-3-4-11-8/h3-4,6H,2H2,1H3,(H2,10,11,12,13). The number of carbonyl (C=O) groups is 1. The average molecular weight is 178 g/mol. The lowest BCUT2D eigenvalue weighted by atomic mass is 10.1. The van der Waals surface area contributed by atoms with Crippen LogP contribution in [0.15, 0.2) is 12.4 Å². The molecule has 1 aromatic heterocycles. The van der Waals surface area contributed by atoms with Gasteiger partial charge in [-0.3, -0.25) is 10.1 Å². The van der Waals surface area contributed by atoms with Crippen molar-refractivity contribution in [1.29, 1.82) is 5.26 Å². The molecule has 2 N–H and O–H groups in total. The SMILES string of the molecule is CCC(C#N)C(=O)Nc1ncc[nH]1. The smallest absolute Gasteiger partial charge is 0.244 e. The van der Waals surface area contributed by atoms with E-state index in [0.717, 1.165) is 0 Å². The molecule has 0 bridgehead atoms. The molecule has 0 aromatic carbocycles. The van der Waals surface area contributed by atoms with Crippen molar-refractivity contribution in [1.82, 2.24) is 9.97 Å². The molecule has 0 radical (unpaired) electrons. The Morgan fingerprint density at radius 1 is 1.92 bits per heavy atom. The van der Waals surface area contributed by atoms with Crippen molar-refractivity contribution in [3.05, 3.63) is 12.4 Å². The Kier molecular flexibility index (Phi) is 3.03. The maximum Gasteiger partial charge on any atom is 0.244 e. The predicted octanol–water partition coefficient (Wildman–Crippen LogP) is 0.898. The monoisotopic (exact) mass is 178 g/mol. The lowest BCUT2D eigenvalue weighted by Gasteiger charge is -2.04. The van der Waals surface area contributed by atoms with Crippen molar-refractivity contribution in [2.45, 2.75) is 13.3 Å². The number of nitriles is 1. The fourth-order valence-corrected chi connectivity index (χ4v) is 0.873. The zero-order valence-electron chi connectivity index (χ0n) is 7.24. The molecule has 1 amide bonds. The molecule has 1 rings (SSSR count). The normalized spacial score (nSPS) is 11.7. The highest BCUT2D eigenvalue weighted by Gasteiger charge is 2.15. The molecule has 0 saturated carbocycles. The number of anilines is 1. The van der Waals surface area contributed by atoms with E-state index in [0.29, 0.717) is 12.4 Å². The second kappa shape index (κ2) is 4.26. The van der Waals surface area contributed by atoms with E-state index in [-0.39, 0.29) is 5.91 Å². The molecule has 68 valence electrons. The number of carbonyl (C=O) groups excluding carboxylic acids is 1. The van der Waals surface area contributed by atoms with Gasteiger partial charge in [-0.05, 0) is 6.42 Å². The largest absolute Gasteiger partial charge is 0.331 e. The number of aromatic nitrogens is 2. The Bertz CT molecular complexity index is 311. The van der Waals surface area contributed by atoms with Gasteiger partial charge in [0.25, 0.3) is 0 Å². The Labute approximate surface area is 75.8 Å². The first-order chi connectivity index (χ1) is 6.27. The third-order valence-corrected chi connectivity index (χ3v) is 1.62. The number of H-pyrrole nitrogens is 1. The summed E-state index contributed by atoms with van der Waals surface area (Å²) in [5, 5.41) is 11.1. The summed E-state index contributed by atoms with van der Waals surface area (Å²) in [4.78, 5) is 17.8. The Hall–Kier alpha value is -1.83. The first-order valence-electron chi connectivity index (χ1n) is 3.97. The fourth-order valence-electron chi connectivity index (χ4n) is 0.873. The van der Waals surface area contributed by atoms with Gasteiger partial charge in [0.05, 0.1) is 6.07 Å². The molecule has 0 spiro atoms. The number of nitrogens with zero attached hydrogens (tertiary/aromatic N) is 2. The molecule has 5 heteroatoms. The molecule has 0 aliphatic heterocycles. The van der Waals surface area contributed by atoms with E-state index in [1.165, 1.54) is 6.20 Å². The number of nitrogens with one attached hydrogen (secondary N) is 2. The van der Waals surface area contributed by atoms with E-state index < -0.39 is 5.92 Å². The van der Waals surface area contributed by atoms with Crippen molar-refractivity contribution in [2.75, 3.05) is 5.32 Å². The molecular weight excluding hydrogens is 168 g/mol. The van der Waals surface area contributed by atoms with Crippen LogP contribution in [0.5, 0.6) is 0 Å². The average Bonchev–Trinajstić information content (AvgIpc) is 2.59. The molecule has 0 fully saturated rings. The van der Waals surface area contributed by atoms with Gasteiger partial charge in [-0.25, -0.2) is 4.98 Å². The van der Waals surface area contributed by atoms with Gasteiger partial charge in [-0.1, -0.05) is 6.92 Å². The van der Waals surface area contributed by atoms with Gasteiger partial charge in [0.2, 0.25) is 11.9 Å². The number of amides is 1. The van der Waals surface area contributed by atoms with Gasteiger partial charge in [-0.2, -0.15) is 5.26 Å². The molecule has 1 atom stereocenters. The van der Waals surface area contributed by atoms with Crippen LogP contribution < -0.4 is 5.32 Å². The molecule has 5 nitrogen and oxygen atoms in total. The molecule has 1 aromatic rings. The van der Waals surface area contributed by atoms with E-state index in [9.17, 15) is 4.79 Å². The van der Waals surface area contributed by atoms with Crippen LogP contribution in [-0.4, -0.2) is 15.9 Å². The first-order valence-corrected chi connectivity index (χ1v) is 3.97. The number of imidazole rings is 1. The van der Waals surface area contributed by atoms with E-state index in [2.05, 4.69) is 15.3 Å². The highest BCUT2D eigenvalue weighted by Crippen LogP contribution is 2.04. The summed E-state index contributed by atoms with van der Waals surface area (Å²) in [5.74, 6) is -0.552. The van der Waals surface area contributed by atoms with Gasteiger partial charge in [0, 0.05) is 12.4 Å².